The van der Waals surface area contributed by atoms with Gasteiger partial charge >= 0.3 is 0 Å². The minimum atomic E-state index is -0.140. The van der Waals surface area contributed by atoms with Gasteiger partial charge in [0.05, 0.1) is 24.2 Å². The molecule has 1 fully saturated rings. The number of hydrazine groups is 1. The van der Waals surface area contributed by atoms with Crippen molar-refractivity contribution in [3.8, 4) is 0 Å². The SMILES string of the molecule is CCOC1(C(Cc2ccoc2)NN)CCCC(C)C1. The molecular weight excluding hydrogens is 240 g/mol. The van der Waals surface area contributed by atoms with Crippen LogP contribution in [0.3, 0.4) is 0 Å². The number of furan rings is 1. The minimum absolute atomic E-state index is 0.132. The summed E-state index contributed by atoms with van der Waals surface area (Å²) in [7, 11) is 0. The summed E-state index contributed by atoms with van der Waals surface area (Å²) in [5.41, 5.74) is 4.02. The fraction of sp³-hybridized carbons (Fsp3) is 0.733. The predicted molar refractivity (Wildman–Crippen MR) is 75.5 cm³/mol. The Morgan fingerprint density at radius 2 is 2.47 bits per heavy atom. The molecule has 3 unspecified atom stereocenters. The number of hydrogen-bond acceptors (Lipinski definition) is 4. The molecule has 1 heterocycles. The van der Waals surface area contributed by atoms with E-state index in [0.717, 1.165) is 25.9 Å². The first-order chi connectivity index (χ1) is 9.20. The van der Waals surface area contributed by atoms with Crippen molar-refractivity contribution in [3.05, 3.63) is 24.2 Å². The highest BCUT2D eigenvalue weighted by molar-refractivity contribution is 5.11. The van der Waals surface area contributed by atoms with Crippen LogP contribution in [0.2, 0.25) is 0 Å². The summed E-state index contributed by atoms with van der Waals surface area (Å²) >= 11 is 0. The molecule has 1 aromatic heterocycles. The normalized spacial score (nSPS) is 29.3. The molecule has 0 amide bonds. The van der Waals surface area contributed by atoms with E-state index in [-0.39, 0.29) is 11.6 Å². The number of hydrogen-bond donors (Lipinski definition) is 2. The molecule has 0 saturated heterocycles. The average Bonchev–Trinajstić information content (AvgIpc) is 2.89. The van der Waals surface area contributed by atoms with E-state index in [1.165, 1.54) is 18.4 Å². The van der Waals surface area contributed by atoms with Crippen LogP contribution in [0.15, 0.2) is 23.0 Å². The summed E-state index contributed by atoms with van der Waals surface area (Å²) in [6.07, 6.45) is 9.00. The molecule has 1 aromatic rings. The van der Waals surface area contributed by atoms with Gasteiger partial charge in [-0.25, -0.2) is 0 Å². The lowest BCUT2D eigenvalue weighted by Gasteiger charge is -2.45. The van der Waals surface area contributed by atoms with Crippen molar-refractivity contribution in [2.45, 2.75) is 57.6 Å². The van der Waals surface area contributed by atoms with Gasteiger partial charge in [0, 0.05) is 6.61 Å². The highest BCUT2D eigenvalue weighted by atomic mass is 16.5. The molecule has 0 aliphatic heterocycles. The zero-order valence-electron chi connectivity index (χ0n) is 12.0. The lowest BCUT2D eigenvalue weighted by Crippen LogP contribution is -2.57. The van der Waals surface area contributed by atoms with Crippen LogP contribution in [0.25, 0.3) is 0 Å². The second kappa shape index (κ2) is 6.55. The van der Waals surface area contributed by atoms with Gasteiger partial charge in [-0.3, -0.25) is 11.3 Å². The molecule has 4 nitrogen and oxygen atoms in total. The lowest BCUT2D eigenvalue weighted by molar-refractivity contribution is -0.100. The van der Waals surface area contributed by atoms with E-state index in [0.29, 0.717) is 5.92 Å². The third kappa shape index (κ3) is 3.38. The molecule has 3 N–H and O–H groups in total. The standard InChI is InChI=1S/C15H26N2O2/c1-3-19-15(7-4-5-12(2)10-15)14(17-16)9-13-6-8-18-11-13/h6,8,11-12,14,17H,3-5,7,9-10,16H2,1-2H3. The number of rotatable bonds is 6. The summed E-state index contributed by atoms with van der Waals surface area (Å²) < 4.78 is 11.3. The van der Waals surface area contributed by atoms with Crippen molar-refractivity contribution in [1.82, 2.24) is 5.43 Å². The lowest BCUT2D eigenvalue weighted by atomic mass is 9.73. The Hall–Kier alpha value is -0.840. The first-order valence-electron chi connectivity index (χ1n) is 7.31. The first kappa shape index (κ1) is 14.6. The van der Waals surface area contributed by atoms with Gasteiger partial charge in [0.15, 0.2) is 0 Å². The summed E-state index contributed by atoms with van der Waals surface area (Å²) in [5.74, 6) is 6.52. The van der Waals surface area contributed by atoms with Gasteiger partial charge in [0.25, 0.3) is 0 Å². The van der Waals surface area contributed by atoms with Crippen LogP contribution < -0.4 is 11.3 Å². The molecule has 3 atom stereocenters. The molecule has 0 spiro atoms. The molecule has 1 aliphatic carbocycles. The largest absolute Gasteiger partial charge is 0.472 e. The molecule has 108 valence electrons. The molecule has 2 rings (SSSR count). The van der Waals surface area contributed by atoms with Gasteiger partial charge in [-0.15, -0.1) is 0 Å². The Labute approximate surface area is 115 Å². The highest BCUT2D eigenvalue weighted by Crippen LogP contribution is 2.38. The van der Waals surface area contributed by atoms with Crippen LogP contribution in [-0.2, 0) is 11.2 Å². The van der Waals surface area contributed by atoms with E-state index in [4.69, 9.17) is 15.0 Å². The molecule has 4 heteroatoms. The highest BCUT2D eigenvalue weighted by Gasteiger charge is 2.42. The zero-order valence-corrected chi connectivity index (χ0v) is 12.0. The predicted octanol–water partition coefficient (Wildman–Crippen LogP) is 2.64. The molecule has 19 heavy (non-hydrogen) atoms. The number of nitrogens with two attached hydrogens (primary N) is 1. The zero-order chi connectivity index (χ0) is 13.7. The van der Waals surface area contributed by atoms with Crippen LogP contribution >= 0.6 is 0 Å². The Balaban J connectivity index is 2.14. The third-order valence-corrected chi connectivity index (χ3v) is 4.28. The monoisotopic (exact) mass is 266 g/mol. The Bertz CT molecular complexity index is 362. The smallest absolute Gasteiger partial charge is 0.0935 e. The van der Waals surface area contributed by atoms with Crippen molar-refractivity contribution in [1.29, 1.82) is 0 Å². The fourth-order valence-electron chi connectivity index (χ4n) is 3.42. The van der Waals surface area contributed by atoms with Gasteiger partial charge in [-0.2, -0.15) is 0 Å². The molecule has 1 saturated carbocycles. The summed E-state index contributed by atoms with van der Waals surface area (Å²) in [6, 6.07) is 2.13. The fourth-order valence-corrected chi connectivity index (χ4v) is 3.42. The maximum Gasteiger partial charge on any atom is 0.0935 e. The second-order valence-corrected chi connectivity index (χ2v) is 5.75. The number of nitrogens with one attached hydrogen (secondary N) is 1. The molecule has 0 bridgehead atoms. The van der Waals surface area contributed by atoms with Crippen molar-refractivity contribution in [2.24, 2.45) is 11.8 Å². The summed E-state index contributed by atoms with van der Waals surface area (Å²) in [5, 5.41) is 0. The maximum absolute atomic E-state index is 6.17. The van der Waals surface area contributed by atoms with Gasteiger partial charge in [0.2, 0.25) is 0 Å². The molecule has 0 radical (unpaired) electrons. The summed E-state index contributed by atoms with van der Waals surface area (Å²) in [6.45, 7) is 5.10. The Morgan fingerprint density at radius 3 is 3.05 bits per heavy atom. The average molecular weight is 266 g/mol. The van der Waals surface area contributed by atoms with Gasteiger partial charge in [-0.05, 0) is 43.7 Å². The van der Waals surface area contributed by atoms with Crippen LogP contribution in [-0.4, -0.2) is 18.2 Å². The maximum atomic E-state index is 6.17. The van der Waals surface area contributed by atoms with Crippen LogP contribution in [0.5, 0.6) is 0 Å². The Kier molecular flexibility index (Phi) is 5.02. The molecule has 1 aliphatic rings. The molecular formula is C15H26N2O2. The number of ether oxygens (including phenoxy) is 1. The van der Waals surface area contributed by atoms with Gasteiger partial charge < -0.3 is 9.15 Å². The third-order valence-electron chi connectivity index (χ3n) is 4.28. The van der Waals surface area contributed by atoms with Crippen molar-refractivity contribution >= 4 is 0 Å². The second-order valence-electron chi connectivity index (χ2n) is 5.75. The van der Waals surface area contributed by atoms with E-state index in [1.807, 2.05) is 6.07 Å². The first-order valence-corrected chi connectivity index (χ1v) is 7.31. The van der Waals surface area contributed by atoms with Gasteiger partial charge in [0.1, 0.15) is 0 Å². The van der Waals surface area contributed by atoms with E-state index in [2.05, 4.69) is 19.3 Å². The topological polar surface area (TPSA) is 60.4 Å². The minimum Gasteiger partial charge on any atom is -0.472 e. The van der Waals surface area contributed by atoms with Crippen molar-refractivity contribution < 1.29 is 9.15 Å². The molecule has 0 aromatic carbocycles. The van der Waals surface area contributed by atoms with E-state index >= 15 is 0 Å². The van der Waals surface area contributed by atoms with Crippen LogP contribution in [0, 0.1) is 5.92 Å². The van der Waals surface area contributed by atoms with E-state index in [9.17, 15) is 0 Å². The van der Waals surface area contributed by atoms with Crippen molar-refractivity contribution in [3.63, 3.8) is 0 Å². The summed E-state index contributed by atoms with van der Waals surface area (Å²) in [4.78, 5) is 0. The van der Waals surface area contributed by atoms with Gasteiger partial charge in [-0.1, -0.05) is 19.8 Å². The van der Waals surface area contributed by atoms with Crippen LogP contribution in [0.1, 0.15) is 45.1 Å². The van der Waals surface area contributed by atoms with Crippen LogP contribution in [0.4, 0.5) is 0 Å². The quantitative estimate of drug-likeness (QED) is 0.614. The van der Waals surface area contributed by atoms with Crippen molar-refractivity contribution in [2.75, 3.05) is 6.61 Å². The van der Waals surface area contributed by atoms with E-state index in [1.54, 1.807) is 12.5 Å². The van der Waals surface area contributed by atoms with E-state index < -0.39 is 0 Å². The Morgan fingerprint density at radius 1 is 1.63 bits per heavy atom.